The van der Waals surface area contributed by atoms with E-state index in [0.29, 0.717) is 6.42 Å². The first-order valence-corrected chi connectivity index (χ1v) is 8.12. The first-order chi connectivity index (χ1) is 6.98. The molecule has 0 spiro atoms. The molecule has 0 radical (unpaired) electrons. The van der Waals surface area contributed by atoms with Crippen LogP contribution in [0, 0.1) is 0 Å². The highest BCUT2D eigenvalue weighted by molar-refractivity contribution is 14.1. The minimum absolute atomic E-state index is 0.496. The van der Waals surface area contributed by atoms with Crippen LogP contribution in [0.15, 0.2) is 0 Å². The molecule has 0 bridgehead atoms. The van der Waals surface area contributed by atoms with E-state index >= 15 is 0 Å². The minimum Gasteiger partial charge on any atom is -0.343 e. The highest BCUT2D eigenvalue weighted by atomic mass is 127. The fraction of sp³-hybridized carbons (Fsp3) is 1.00. The molecule has 0 heterocycles. The normalized spacial score (nSPS) is 14.2. The molecule has 15 heavy (non-hydrogen) atoms. The lowest BCUT2D eigenvalue weighted by molar-refractivity contribution is -0.307. The van der Waals surface area contributed by atoms with Crippen molar-refractivity contribution in [1.82, 2.24) is 0 Å². The van der Waals surface area contributed by atoms with Gasteiger partial charge in [-0.3, -0.25) is 0 Å². The molecular formula is C10H20I2O3. The molecule has 0 aliphatic rings. The third kappa shape index (κ3) is 10.2. The Labute approximate surface area is 119 Å². The van der Waals surface area contributed by atoms with Crippen LogP contribution in [-0.4, -0.2) is 29.6 Å². The van der Waals surface area contributed by atoms with Gasteiger partial charge in [-0.1, -0.05) is 77.3 Å². The number of alkyl halides is 2. The molecule has 3 N–H and O–H groups in total. The molecular weight excluding hydrogens is 422 g/mol. The second kappa shape index (κ2) is 9.38. The molecule has 3 nitrogen and oxygen atoms in total. The summed E-state index contributed by atoms with van der Waals surface area (Å²) in [6.45, 7) is 0. The monoisotopic (exact) mass is 442 g/mol. The largest absolute Gasteiger partial charge is 0.343 e. The number of aliphatic hydroxyl groups is 3. The summed E-state index contributed by atoms with van der Waals surface area (Å²) in [5.74, 6) is -2.51. The van der Waals surface area contributed by atoms with Crippen LogP contribution in [0.5, 0.6) is 0 Å². The van der Waals surface area contributed by atoms with Gasteiger partial charge in [0.15, 0.2) is 0 Å². The quantitative estimate of drug-likeness (QED) is 0.223. The van der Waals surface area contributed by atoms with Crippen molar-refractivity contribution in [3.05, 3.63) is 0 Å². The summed E-state index contributed by atoms with van der Waals surface area (Å²) in [5.41, 5.74) is 0. The maximum atomic E-state index is 8.86. The van der Waals surface area contributed by atoms with E-state index in [1.54, 1.807) is 0 Å². The van der Waals surface area contributed by atoms with Crippen LogP contribution >= 0.6 is 45.2 Å². The van der Waals surface area contributed by atoms with Crippen LogP contribution < -0.4 is 0 Å². The van der Waals surface area contributed by atoms with Gasteiger partial charge in [-0.2, -0.15) is 0 Å². The van der Waals surface area contributed by atoms with E-state index < -0.39 is 9.90 Å². The molecule has 0 aromatic heterocycles. The topological polar surface area (TPSA) is 60.7 Å². The Kier molecular flexibility index (Phi) is 10.2. The Balaban J connectivity index is 3.24. The molecule has 0 fully saturated rings. The van der Waals surface area contributed by atoms with E-state index in [0.717, 1.165) is 12.8 Å². The van der Waals surface area contributed by atoms with Gasteiger partial charge in [0.05, 0.1) is 3.92 Å². The fourth-order valence-electron chi connectivity index (χ4n) is 1.32. The number of halogens is 2. The highest BCUT2D eigenvalue weighted by Crippen LogP contribution is 2.20. The third-order valence-corrected chi connectivity index (χ3v) is 4.48. The predicted octanol–water partition coefficient (Wildman–Crippen LogP) is 2.59. The molecule has 0 rings (SSSR count). The van der Waals surface area contributed by atoms with Gasteiger partial charge >= 0.3 is 0 Å². The summed E-state index contributed by atoms with van der Waals surface area (Å²) in [6, 6.07) is 0. The van der Waals surface area contributed by atoms with Crippen LogP contribution in [0.4, 0.5) is 0 Å². The smallest absolute Gasteiger partial charge is 0.287 e. The van der Waals surface area contributed by atoms with Crippen LogP contribution in [-0.2, 0) is 0 Å². The van der Waals surface area contributed by atoms with Crippen molar-refractivity contribution in [2.75, 3.05) is 4.43 Å². The minimum atomic E-state index is -2.51. The van der Waals surface area contributed by atoms with Gasteiger partial charge in [0, 0.05) is 0 Å². The predicted molar refractivity (Wildman–Crippen MR) is 78.4 cm³/mol. The zero-order valence-corrected chi connectivity index (χ0v) is 13.1. The standard InChI is InChI=1S/C10H20I2O3/c11-8-6-4-2-1-3-5-7-9(12)10(13,14)15/h9,13-15H,1-8H2. The molecule has 0 aromatic carbocycles. The van der Waals surface area contributed by atoms with Crippen molar-refractivity contribution in [3.8, 4) is 0 Å². The molecule has 5 heteroatoms. The lowest BCUT2D eigenvalue weighted by atomic mass is 10.1. The Hall–Kier alpha value is 1.34. The average molecular weight is 442 g/mol. The van der Waals surface area contributed by atoms with Gasteiger partial charge in [-0.15, -0.1) is 0 Å². The molecule has 1 unspecified atom stereocenters. The van der Waals surface area contributed by atoms with Gasteiger partial charge in [-0.25, -0.2) is 0 Å². The molecule has 92 valence electrons. The van der Waals surface area contributed by atoms with Crippen molar-refractivity contribution in [1.29, 1.82) is 0 Å². The number of unbranched alkanes of at least 4 members (excludes halogenated alkanes) is 5. The van der Waals surface area contributed by atoms with Gasteiger partial charge in [-0.05, 0) is 17.3 Å². The summed E-state index contributed by atoms with van der Waals surface area (Å²) >= 11 is 4.26. The first-order valence-electron chi connectivity index (χ1n) is 5.35. The Morgan fingerprint density at radius 2 is 1.33 bits per heavy atom. The second-order valence-corrected chi connectivity index (χ2v) is 6.34. The summed E-state index contributed by atoms with van der Waals surface area (Å²) in [7, 11) is 0. The molecule has 0 aromatic rings. The summed E-state index contributed by atoms with van der Waals surface area (Å²) in [4.78, 5) is 0. The second-order valence-electron chi connectivity index (χ2n) is 3.75. The van der Waals surface area contributed by atoms with Crippen LogP contribution in [0.1, 0.15) is 44.9 Å². The van der Waals surface area contributed by atoms with E-state index in [1.165, 1.54) is 30.1 Å². The Morgan fingerprint density at radius 1 is 0.867 bits per heavy atom. The molecule has 0 aliphatic carbocycles. The lowest BCUT2D eigenvalue weighted by Crippen LogP contribution is -2.37. The van der Waals surface area contributed by atoms with E-state index in [2.05, 4.69) is 22.6 Å². The van der Waals surface area contributed by atoms with Crippen molar-refractivity contribution in [3.63, 3.8) is 0 Å². The summed E-state index contributed by atoms with van der Waals surface area (Å²) < 4.78 is 0.736. The Bertz CT molecular complexity index is 148. The zero-order valence-electron chi connectivity index (χ0n) is 8.83. The third-order valence-electron chi connectivity index (χ3n) is 2.26. The fourth-order valence-corrected chi connectivity index (χ4v) is 2.30. The number of rotatable bonds is 9. The van der Waals surface area contributed by atoms with Crippen molar-refractivity contribution < 1.29 is 15.3 Å². The SMILES string of the molecule is OC(O)(O)C(I)CCCCCCCCI. The van der Waals surface area contributed by atoms with Crippen LogP contribution in [0.25, 0.3) is 0 Å². The van der Waals surface area contributed by atoms with Gasteiger partial charge < -0.3 is 15.3 Å². The molecule has 1 atom stereocenters. The molecule has 0 saturated heterocycles. The molecule has 0 saturated carbocycles. The Morgan fingerprint density at radius 3 is 1.80 bits per heavy atom. The van der Waals surface area contributed by atoms with Crippen LogP contribution in [0.2, 0.25) is 0 Å². The zero-order chi connectivity index (χ0) is 11.7. The number of hydrogen-bond acceptors (Lipinski definition) is 3. The van der Waals surface area contributed by atoms with Crippen molar-refractivity contribution >= 4 is 45.2 Å². The first kappa shape index (κ1) is 16.3. The van der Waals surface area contributed by atoms with Crippen molar-refractivity contribution in [2.45, 2.75) is 54.8 Å². The summed E-state index contributed by atoms with van der Waals surface area (Å²) in [6.07, 6.45) is 7.75. The van der Waals surface area contributed by atoms with Crippen molar-refractivity contribution in [2.24, 2.45) is 0 Å². The molecule has 0 amide bonds. The maximum Gasteiger partial charge on any atom is 0.287 e. The average Bonchev–Trinajstić information content (AvgIpc) is 2.14. The van der Waals surface area contributed by atoms with E-state index in [4.69, 9.17) is 15.3 Å². The van der Waals surface area contributed by atoms with E-state index in [-0.39, 0.29) is 0 Å². The van der Waals surface area contributed by atoms with Crippen LogP contribution in [0.3, 0.4) is 0 Å². The van der Waals surface area contributed by atoms with Gasteiger partial charge in [0.1, 0.15) is 0 Å². The van der Waals surface area contributed by atoms with E-state index in [1.807, 2.05) is 22.6 Å². The molecule has 0 aliphatic heterocycles. The number of hydrogen-bond donors (Lipinski definition) is 3. The summed E-state index contributed by atoms with van der Waals surface area (Å²) in [5, 5.41) is 26.6. The lowest BCUT2D eigenvalue weighted by Gasteiger charge is -2.20. The van der Waals surface area contributed by atoms with Gasteiger partial charge in [0.2, 0.25) is 0 Å². The maximum absolute atomic E-state index is 8.86. The van der Waals surface area contributed by atoms with E-state index in [9.17, 15) is 0 Å². The van der Waals surface area contributed by atoms with Gasteiger partial charge in [0.25, 0.3) is 5.97 Å². The highest BCUT2D eigenvalue weighted by Gasteiger charge is 2.28.